The molecule has 6 nitrogen and oxygen atoms in total. The van der Waals surface area contributed by atoms with E-state index in [9.17, 15) is 13.6 Å². The number of methoxy groups -OCH3 is 1. The molecule has 0 spiro atoms. The van der Waals surface area contributed by atoms with Crippen LogP contribution in [0.3, 0.4) is 0 Å². The number of carbonyl (C=O) groups is 1. The van der Waals surface area contributed by atoms with Crippen LogP contribution in [0.15, 0.2) is 0 Å². The molecule has 72 valence electrons. The van der Waals surface area contributed by atoms with Gasteiger partial charge in [-0.25, -0.2) is 9.00 Å². The SMILES string of the molecule is COC(=O)OCCCOS(=O)[O-]. The van der Waals surface area contributed by atoms with Gasteiger partial charge in [-0.15, -0.1) is 0 Å². The molecular formula is C5H9O6S-. The lowest BCUT2D eigenvalue weighted by molar-refractivity contribution is 0.0689. The van der Waals surface area contributed by atoms with E-state index in [0.29, 0.717) is 6.42 Å². The average molecular weight is 197 g/mol. The fraction of sp³-hybridized carbons (Fsp3) is 0.800. The van der Waals surface area contributed by atoms with Crippen molar-refractivity contribution in [2.75, 3.05) is 20.3 Å². The molecule has 0 aliphatic carbocycles. The zero-order valence-corrected chi connectivity index (χ0v) is 7.30. The zero-order valence-electron chi connectivity index (χ0n) is 6.48. The number of rotatable bonds is 5. The molecule has 0 aromatic carbocycles. The van der Waals surface area contributed by atoms with Crippen LogP contribution in [-0.2, 0) is 25.0 Å². The Hall–Kier alpha value is -0.660. The first-order valence-corrected chi connectivity index (χ1v) is 4.10. The molecule has 0 fully saturated rings. The van der Waals surface area contributed by atoms with E-state index in [-0.39, 0.29) is 13.2 Å². The number of hydrogen-bond donors (Lipinski definition) is 0. The van der Waals surface area contributed by atoms with E-state index in [1.54, 1.807) is 0 Å². The van der Waals surface area contributed by atoms with Crippen LogP contribution < -0.4 is 0 Å². The monoisotopic (exact) mass is 197 g/mol. The summed E-state index contributed by atoms with van der Waals surface area (Å²) in [5.41, 5.74) is 0. The molecule has 12 heavy (non-hydrogen) atoms. The molecule has 0 aromatic heterocycles. The lowest BCUT2D eigenvalue weighted by Gasteiger charge is -2.05. The van der Waals surface area contributed by atoms with Crippen molar-refractivity contribution in [3.63, 3.8) is 0 Å². The Balaban J connectivity index is 3.11. The molecule has 1 atom stereocenters. The fourth-order valence-electron chi connectivity index (χ4n) is 0.400. The van der Waals surface area contributed by atoms with Crippen molar-refractivity contribution >= 4 is 17.5 Å². The van der Waals surface area contributed by atoms with E-state index in [0.717, 1.165) is 0 Å². The van der Waals surface area contributed by atoms with E-state index >= 15 is 0 Å². The highest BCUT2D eigenvalue weighted by atomic mass is 32.2. The van der Waals surface area contributed by atoms with Crippen molar-refractivity contribution in [2.24, 2.45) is 0 Å². The topological polar surface area (TPSA) is 84.9 Å². The van der Waals surface area contributed by atoms with Crippen molar-refractivity contribution < 1.29 is 27.2 Å². The van der Waals surface area contributed by atoms with Crippen LogP contribution in [0.2, 0.25) is 0 Å². The summed E-state index contributed by atoms with van der Waals surface area (Å²) in [5, 5.41) is 0. The van der Waals surface area contributed by atoms with Crippen LogP contribution in [-0.4, -0.2) is 35.2 Å². The fourth-order valence-corrected chi connectivity index (χ4v) is 0.654. The first-order chi connectivity index (χ1) is 5.66. The maximum Gasteiger partial charge on any atom is 0.507 e. The van der Waals surface area contributed by atoms with Crippen molar-refractivity contribution in [1.82, 2.24) is 0 Å². The maximum atomic E-state index is 10.3. The van der Waals surface area contributed by atoms with Gasteiger partial charge in [0.1, 0.15) is 0 Å². The Kier molecular flexibility index (Phi) is 6.63. The summed E-state index contributed by atoms with van der Waals surface area (Å²) < 4.78 is 32.3. The van der Waals surface area contributed by atoms with Gasteiger partial charge in [-0.1, -0.05) is 0 Å². The van der Waals surface area contributed by atoms with Crippen LogP contribution in [0.1, 0.15) is 6.42 Å². The van der Waals surface area contributed by atoms with E-state index in [1.807, 2.05) is 0 Å². The van der Waals surface area contributed by atoms with Gasteiger partial charge < -0.3 is 18.2 Å². The number of ether oxygens (including phenoxy) is 2. The van der Waals surface area contributed by atoms with Crippen molar-refractivity contribution in [3.05, 3.63) is 0 Å². The molecule has 1 unspecified atom stereocenters. The second-order valence-electron chi connectivity index (χ2n) is 1.68. The van der Waals surface area contributed by atoms with Gasteiger partial charge in [-0.3, -0.25) is 0 Å². The summed E-state index contributed by atoms with van der Waals surface area (Å²) in [6, 6.07) is 0. The highest BCUT2D eigenvalue weighted by Gasteiger charge is 1.98. The molecule has 0 N–H and O–H groups in total. The average Bonchev–Trinajstić information content (AvgIpc) is 2.03. The lowest BCUT2D eigenvalue weighted by atomic mass is 10.5. The predicted octanol–water partition coefficient (Wildman–Crippen LogP) is -0.0298. The van der Waals surface area contributed by atoms with Gasteiger partial charge >= 0.3 is 6.16 Å². The van der Waals surface area contributed by atoms with Crippen LogP contribution in [0.4, 0.5) is 4.79 Å². The van der Waals surface area contributed by atoms with Gasteiger partial charge in [0.2, 0.25) is 0 Å². The highest BCUT2D eigenvalue weighted by molar-refractivity contribution is 7.74. The molecular weight excluding hydrogens is 188 g/mol. The third kappa shape index (κ3) is 7.45. The van der Waals surface area contributed by atoms with E-state index < -0.39 is 17.5 Å². The smallest absolute Gasteiger partial charge is 0.507 e. The van der Waals surface area contributed by atoms with Crippen LogP contribution in [0.25, 0.3) is 0 Å². The number of hydrogen-bond acceptors (Lipinski definition) is 6. The Labute approximate surface area is 72.3 Å². The third-order valence-electron chi connectivity index (χ3n) is 0.855. The molecule has 0 saturated heterocycles. The molecule has 0 aliphatic heterocycles. The second-order valence-corrected chi connectivity index (χ2v) is 2.33. The zero-order chi connectivity index (χ0) is 9.40. The van der Waals surface area contributed by atoms with Crippen molar-refractivity contribution in [1.29, 1.82) is 0 Å². The normalized spacial score (nSPS) is 12.2. The van der Waals surface area contributed by atoms with Gasteiger partial charge in [-0.05, 0) is 0 Å². The van der Waals surface area contributed by atoms with Gasteiger partial charge in [0.25, 0.3) is 0 Å². The molecule has 0 aliphatic rings. The second kappa shape index (κ2) is 7.01. The van der Waals surface area contributed by atoms with E-state index in [2.05, 4.69) is 13.7 Å². The molecule has 0 radical (unpaired) electrons. The van der Waals surface area contributed by atoms with E-state index in [1.165, 1.54) is 7.11 Å². The first-order valence-electron chi connectivity index (χ1n) is 3.10. The molecule has 0 bridgehead atoms. The Morgan fingerprint density at radius 2 is 2.17 bits per heavy atom. The summed E-state index contributed by atoms with van der Waals surface area (Å²) >= 11 is -2.50. The first kappa shape index (κ1) is 11.3. The Morgan fingerprint density at radius 1 is 1.50 bits per heavy atom. The lowest BCUT2D eigenvalue weighted by Crippen LogP contribution is -2.08. The van der Waals surface area contributed by atoms with Gasteiger partial charge in [0, 0.05) is 6.42 Å². The molecule has 0 aromatic rings. The summed E-state index contributed by atoms with van der Waals surface area (Å²) in [6.07, 6.45) is -0.485. The standard InChI is InChI=1S/C5H10O6S/c1-9-5(6)10-3-2-4-11-12(7)8/h2-4H2,1H3,(H,7,8)/p-1. The van der Waals surface area contributed by atoms with Gasteiger partial charge in [0.15, 0.2) is 0 Å². The van der Waals surface area contributed by atoms with Crippen molar-refractivity contribution in [2.45, 2.75) is 6.42 Å². The van der Waals surface area contributed by atoms with E-state index in [4.69, 9.17) is 0 Å². The molecule has 0 amide bonds. The minimum Gasteiger partial charge on any atom is -0.750 e. The highest BCUT2D eigenvalue weighted by Crippen LogP contribution is 1.88. The molecule has 0 saturated carbocycles. The van der Waals surface area contributed by atoms with Crippen LogP contribution >= 0.6 is 0 Å². The quantitative estimate of drug-likeness (QED) is 0.349. The molecule has 0 rings (SSSR count). The Morgan fingerprint density at radius 3 is 2.67 bits per heavy atom. The third-order valence-corrected chi connectivity index (χ3v) is 1.21. The predicted molar refractivity (Wildman–Crippen MR) is 37.8 cm³/mol. The molecule has 7 heteroatoms. The molecule has 0 heterocycles. The largest absolute Gasteiger partial charge is 0.750 e. The summed E-state index contributed by atoms with van der Waals surface area (Å²) in [4.78, 5) is 10.3. The minimum atomic E-state index is -2.50. The minimum absolute atomic E-state index is 0.00684. The summed E-state index contributed by atoms with van der Waals surface area (Å²) in [7, 11) is 1.19. The maximum absolute atomic E-state index is 10.3. The van der Waals surface area contributed by atoms with Gasteiger partial charge in [-0.2, -0.15) is 0 Å². The van der Waals surface area contributed by atoms with Crippen LogP contribution in [0, 0.1) is 0 Å². The van der Waals surface area contributed by atoms with Crippen LogP contribution in [0.5, 0.6) is 0 Å². The van der Waals surface area contributed by atoms with Gasteiger partial charge in [0.05, 0.1) is 31.7 Å². The van der Waals surface area contributed by atoms with Crippen molar-refractivity contribution in [3.8, 4) is 0 Å². The Bertz CT molecular complexity index is 158. The summed E-state index contributed by atoms with van der Waals surface area (Å²) in [5.74, 6) is 0. The number of carbonyl (C=O) groups excluding carboxylic acids is 1. The summed E-state index contributed by atoms with van der Waals surface area (Å²) in [6.45, 7) is 0.0664.